The molecular weight excluding hydrogens is 394 g/mol. The fraction of sp³-hybridized carbons (Fsp3) is 0.130. The van der Waals surface area contributed by atoms with E-state index in [1.165, 1.54) is 17.3 Å². The molecule has 3 heterocycles. The first kappa shape index (κ1) is 19.8. The summed E-state index contributed by atoms with van der Waals surface area (Å²) in [5, 5.41) is 8.04. The second-order valence-electron chi connectivity index (χ2n) is 6.84. The van der Waals surface area contributed by atoms with E-state index >= 15 is 0 Å². The van der Waals surface area contributed by atoms with Crippen molar-refractivity contribution in [2.75, 3.05) is 5.32 Å². The Bertz CT molecular complexity index is 1140. The molecule has 1 amide bonds. The van der Waals surface area contributed by atoms with E-state index in [-0.39, 0.29) is 11.9 Å². The van der Waals surface area contributed by atoms with Gasteiger partial charge in [0, 0.05) is 29.6 Å². The first-order valence-corrected chi connectivity index (χ1v) is 10.4. The second-order valence-corrected chi connectivity index (χ2v) is 7.91. The van der Waals surface area contributed by atoms with Crippen molar-refractivity contribution in [3.63, 3.8) is 0 Å². The van der Waals surface area contributed by atoms with E-state index in [1.807, 2.05) is 50.2 Å². The van der Waals surface area contributed by atoms with Crippen LogP contribution in [0.5, 0.6) is 0 Å². The minimum Gasteiger partial charge on any atom is -0.307 e. The summed E-state index contributed by atoms with van der Waals surface area (Å²) in [5.74, 6) is 0.404. The summed E-state index contributed by atoms with van der Waals surface area (Å²) in [5.41, 5.74) is 2.77. The SMILES string of the molecule is Cc1ccc(Sc2ncccc2C(=O)Nc2ccnn2[C@H](C)c2ccncc2)cc1. The van der Waals surface area contributed by atoms with Crippen molar-refractivity contribution in [3.8, 4) is 0 Å². The van der Waals surface area contributed by atoms with Gasteiger partial charge in [-0.25, -0.2) is 9.67 Å². The van der Waals surface area contributed by atoms with Gasteiger partial charge in [-0.3, -0.25) is 9.78 Å². The van der Waals surface area contributed by atoms with E-state index in [2.05, 4.69) is 20.4 Å². The summed E-state index contributed by atoms with van der Waals surface area (Å²) in [7, 11) is 0. The van der Waals surface area contributed by atoms with Gasteiger partial charge in [-0.05, 0) is 55.8 Å². The summed E-state index contributed by atoms with van der Waals surface area (Å²) in [6, 6.07) is 17.3. The lowest BCUT2D eigenvalue weighted by molar-refractivity contribution is 0.102. The predicted molar refractivity (Wildman–Crippen MR) is 118 cm³/mol. The number of carbonyl (C=O) groups is 1. The molecule has 4 rings (SSSR count). The topological polar surface area (TPSA) is 72.7 Å². The van der Waals surface area contributed by atoms with Crippen LogP contribution in [0.4, 0.5) is 5.82 Å². The highest BCUT2D eigenvalue weighted by Crippen LogP contribution is 2.29. The Morgan fingerprint density at radius 2 is 1.77 bits per heavy atom. The highest BCUT2D eigenvalue weighted by atomic mass is 32.2. The van der Waals surface area contributed by atoms with Crippen molar-refractivity contribution in [2.24, 2.45) is 0 Å². The molecular formula is C23H21N5OS. The van der Waals surface area contributed by atoms with Crippen LogP contribution in [0.1, 0.15) is 34.5 Å². The number of hydrogen-bond acceptors (Lipinski definition) is 5. The van der Waals surface area contributed by atoms with Gasteiger partial charge in [0.05, 0.1) is 17.8 Å². The second kappa shape index (κ2) is 8.92. The molecule has 0 aliphatic carbocycles. The fourth-order valence-corrected chi connectivity index (χ4v) is 3.93. The molecule has 30 heavy (non-hydrogen) atoms. The lowest BCUT2D eigenvalue weighted by Gasteiger charge is -2.16. The van der Waals surface area contributed by atoms with Gasteiger partial charge in [-0.15, -0.1) is 0 Å². The van der Waals surface area contributed by atoms with Crippen LogP contribution in [-0.2, 0) is 0 Å². The van der Waals surface area contributed by atoms with Gasteiger partial charge in [0.2, 0.25) is 0 Å². The number of anilines is 1. The number of aromatic nitrogens is 4. The quantitative estimate of drug-likeness (QED) is 0.480. The molecule has 0 spiro atoms. The van der Waals surface area contributed by atoms with Crippen molar-refractivity contribution >= 4 is 23.5 Å². The normalized spacial score (nSPS) is 11.8. The molecule has 0 bridgehead atoms. The molecule has 0 radical (unpaired) electrons. The summed E-state index contributed by atoms with van der Waals surface area (Å²) < 4.78 is 1.79. The maximum atomic E-state index is 13.1. The van der Waals surface area contributed by atoms with Crippen LogP contribution in [0, 0.1) is 6.92 Å². The maximum Gasteiger partial charge on any atom is 0.259 e. The van der Waals surface area contributed by atoms with E-state index in [0.717, 1.165) is 10.5 Å². The molecule has 4 aromatic rings. The van der Waals surface area contributed by atoms with Gasteiger partial charge < -0.3 is 5.32 Å². The van der Waals surface area contributed by atoms with Crippen molar-refractivity contribution < 1.29 is 4.79 Å². The van der Waals surface area contributed by atoms with Crippen molar-refractivity contribution in [2.45, 2.75) is 29.8 Å². The van der Waals surface area contributed by atoms with Crippen LogP contribution < -0.4 is 5.32 Å². The average molecular weight is 416 g/mol. The Balaban J connectivity index is 1.56. The molecule has 0 aliphatic heterocycles. The number of amides is 1. The number of carbonyl (C=O) groups excluding carboxylic acids is 1. The smallest absolute Gasteiger partial charge is 0.259 e. The lowest BCUT2D eigenvalue weighted by atomic mass is 10.1. The fourth-order valence-electron chi connectivity index (χ4n) is 3.05. The van der Waals surface area contributed by atoms with E-state index in [0.29, 0.717) is 16.4 Å². The van der Waals surface area contributed by atoms with Gasteiger partial charge in [0.15, 0.2) is 0 Å². The molecule has 0 saturated heterocycles. The molecule has 0 fully saturated rings. The third-order valence-electron chi connectivity index (χ3n) is 4.72. The van der Waals surface area contributed by atoms with Crippen LogP contribution in [0.3, 0.4) is 0 Å². The minimum absolute atomic E-state index is 0.0476. The van der Waals surface area contributed by atoms with Crippen LogP contribution in [0.2, 0.25) is 0 Å². The summed E-state index contributed by atoms with van der Waals surface area (Å²) >= 11 is 1.47. The Kier molecular flexibility index (Phi) is 5.90. The maximum absolute atomic E-state index is 13.1. The third-order valence-corrected chi connectivity index (χ3v) is 5.75. The molecule has 150 valence electrons. The molecule has 1 N–H and O–H groups in total. The molecule has 0 aliphatic rings. The standard InChI is InChI=1S/C23H21N5OS/c1-16-5-7-19(8-6-16)30-23-20(4-3-12-25-23)22(29)27-21-11-15-26-28(21)17(2)18-9-13-24-14-10-18/h3-15,17H,1-2H3,(H,27,29)/t17-/m1/s1. The number of pyridine rings is 2. The molecule has 0 saturated carbocycles. The molecule has 0 unspecified atom stereocenters. The zero-order valence-electron chi connectivity index (χ0n) is 16.7. The molecule has 1 aromatic carbocycles. The van der Waals surface area contributed by atoms with Crippen LogP contribution in [0.25, 0.3) is 0 Å². The molecule has 6 nitrogen and oxygen atoms in total. The molecule has 3 aromatic heterocycles. The molecule has 1 atom stereocenters. The zero-order chi connectivity index (χ0) is 20.9. The van der Waals surface area contributed by atoms with Crippen LogP contribution in [0.15, 0.2) is 89.3 Å². The van der Waals surface area contributed by atoms with Gasteiger partial charge in [0.25, 0.3) is 5.91 Å². The van der Waals surface area contributed by atoms with Gasteiger partial charge in [0.1, 0.15) is 10.8 Å². The Morgan fingerprint density at radius 3 is 2.53 bits per heavy atom. The Morgan fingerprint density at radius 1 is 1.00 bits per heavy atom. The van der Waals surface area contributed by atoms with E-state index in [4.69, 9.17) is 0 Å². The Hall–Kier alpha value is -3.45. The number of rotatable bonds is 6. The highest BCUT2D eigenvalue weighted by Gasteiger charge is 2.18. The highest BCUT2D eigenvalue weighted by molar-refractivity contribution is 7.99. The third kappa shape index (κ3) is 4.41. The summed E-state index contributed by atoms with van der Waals surface area (Å²) in [6.07, 6.45) is 6.87. The van der Waals surface area contributed by atoms with E-state index in [1.54, 1.807) is 47.7 Å². The predicted octanol–water partition coefficient (Wildman–Crippen LogP) is 4.99. The number of aryl methyl sites for hydroxylation is 1. The van der Waals surface area contributed by atoms with E-state index in [9.17, 15) is 4.79 Å². The summed E-state index contributed by atoms with van der Waals surface area (Å²) in [4.78, 5) is 22.6. The number of hydrogen-bond donors (Lipinski definition) is 1. The number of nitrogens with zero attached hydrogens (tertiary/aromatic N) is 4. The van der Waals surface area contributed by atoms with Crippen molar-refractivity contribution in [1.29, 1.82) is 0 Å². The van der Waals surface area contributed by atoms with Crippen LogP contribution in [-0.4, -0.2) is 25.7 Å². The first-order valence-electron chi connectivity index (χ1n) is 9.56. The number of benzene rings is 1. The molecule has 7 heteroatoms. The summed E-state index contributed by atoms with van der Waals surface area (Å²) in [6.45, 7) is 4.07. The van der Waals surface area contributed by atoms with Gasteiger partial charge in [-0.2, -0.15) is 5.10 Å². The zero-order valence-corrected chi connectivity index (χ0v) is 17.5. The monoisotopic (exact) mass is 415 g/mol. The Labute approximate surface area is 179 Å². The largest absolute Gasteiger partial charge is 0.307 e. The van der Waals surface area contributed by atoms with Gasteiger partial charge >= 0.3 is 0 Å². The van der Waals surface area contributed by atoms with Crippen molar-refractivity contribution in [3.05, 3.63) is 96.1 Å². The average Bonchev–Trinajstić information content (AvgIpc) is 3.24. The lowest BCUT2D eigenvalue weighted by Crippen LogP contribution is -2.19. The minimum atomic E-state index is -0.221. The first-order chi connectivity index (χ1) is 14.6. The van der Waals surface area contributed by atoms with E-state index < -0.39 is 0 Å². The number of nitrogens with one attached hydrogen (secondary N) is 1. The van der Waals surface area contributed by atoms with Crippen molar-refractivity contribution in [1.82, 2.24) is 19.7 Å². The van der Waals surface area contributed by atoms with Gasteiger partial charge in [-0.1, -0.05) is 29.5 Å². The van der Waals surface area contributed by atoms with Crippen LogP contribution >= 0.6 is 11.8 Å².